The fourth-order valence-corrected chi connectivity index (χ4v) is 1.98. The van der Waals surface area contributed by atoms with Gasteiger partial charge in [-0.05, 0) is 35.5 Å². The van der Waals surface area contributed by atoms with Gasteiger partial charge in [-0.3, -0.25) is 0 Å². The Morgan fingerprint density at radius 3 is 2.53 bits per heavy atom. The summed E-state index contributed by atoms with van der Waals surface area (Å²) in [4.78, 5) is 11.2. The summed E-state index contributed by atoms with van der Waals surface area (Å²) in [5, 5.41) is 25.8. The summed E-state index contributed by atoms with van der Waals surface area (Å²) < 4.78 is 5.12. The van der Waals surface area contributed by atoms with Crippen LogP contribution in [0.15, 0.2) is 38.8 Å². The van der Waals surface area contributed by atoms with Gasteiger partial charge in [0.05, 0.1) is 0 Å². The van der Waals surface area contributed by atoms with E-state index in [0.29, 0.717) is 11.5 Å². The lowest BCUT2D eigenvalue weighted by Crippen LogP contribution is -1.96. The molecule has 2 aromatic rings. The van der Waals surface area contributed by atoms with Crippen LogP contribution in [0.3, 0.4) is 0 Å². The van der Waals surface area contributed by atoms with Crippen molar-refractivity contribution in [3.05, 3.63) is 40.6 Å². The topological polar surface area (TPSA) is 96.5 Å². The second kappa shape index (κ2) is 5.57. The van der Waals surface area contributed by atoms with E-state index in [1.54, 1.807) is 19.1 Å². The zero-order valence-electron chi connectivity index (χ0n) is 9.90. The molecular weight excluding hydrogens is 268 g/mol. The van der Waals surface area contributed by atoms with Gasteiger partial charge < -0.3 is 14.6 Å². The minimum absolute atomic E-state index is 0.0503. The molecule has 7 heteroatoms. The lowest BCUT2D eigenvalue weighted by atomic mass is 10.2. The van der Waals surface area contributed by atoms with Crippen LogP contribution in [0.2, 0.25) is 0 Å². The first-order valence-electron chi connectivity index (χ1n) is 5.26. The Bertz CT molecular complexity index is 619. The Kier molecular flexibility index (Phi) is 3.86. The predicted molar refractivity (Wildman–Crippen MR) is 68.6 cm³/mol. The minimum Gasteiger partial charge on any atom is -0.508 e. The minimum atomic E-state index is -1.09. The largest absolute Gasteiger partial charge is 0.508 e. The number of benzene rings is 1. The van der Waals surface area contributed by atoms with Gasteiger partial charge in [-0.25, -0.2) is 4.79 Å². The lowest BCUT2D eigenvalue weighted by molar-refractivity contribution is -0.131. The number of aryl methyl sites for hydroxylation is 1. The Balaban J connectivity index is 2.24. The standard InChI is InChI=1S/C12H10N2O4S/c1-7-13-14-12(18-7)19-10(11(16)17)6-8-2-4-9(15)5-3-8/h2-6,15H,1H3,(H,16,17)/b10-6-. The molecule has 0 saturated heterocycles. The van der Waals surface area contributed by atoms with E-state index in [-0.39, 0.29) is 15.9 Å². The van der Waals surface area contributed by atoms with Crippen LogP contribution in [0.1, 0.15) is 11.5 Å². The maximum atomic E-state index is 11.2. The van der Waals surface area contributed by atoms with Gasteiger partial charge in [0.1, 0.15) is 10.7 Å². The summed E-state index contributed by atoms with van der Waals surface area (Å²) >= 11 is 0.875. The van der Waals surface area contributed by atoms with Crippen molar-refractivity contribution in [3.8, 4) is 5.75 Å². The van der Waals surface area contributed by atoms with Gasteiger partial charge in [0, 0.05) is 6.92 Å². The summed E-state index contributed by atoms with van der Waals surface area (Å²) in [6.07, 6.45) is 1.46. The van der Waals surface area contributed by atoms with Crippen molar-refractivity contribution >= 4 is 23.8 Å². The molecule has 1 aromatic heterocycles. The van der Waals surface area contributed by atoms with Crippen LogP contribution in [0.5, 0.6) is 5.75 Å². The number of phenolic OH excluding ortho intramolecular Hbond substituents is 1. The number of carbonyl (C=O) groups is 1. The van der Waals surface area contributed by atoms with Crippen molar-refractivity contribution < 1.29 is 19.4 Å². The number of phenols is 1. The molecule has 0 spiro atoms. The number of aromatic hydroxyl groups is 1. The molecule has 0 amide bonds. The molecule has 0 atom stereocenters. The molecular formula is C12H10N2O4S. The highest BCUT2D eigenvalue weighted by molar-refractivity contribution is 8.03. The Hall–Kier alpha value is -2.28. The molecule has 6 nitrogen and oxygen atoms in total. The van der Waals surface area contributed by atoms with Crippen molar-refractivity contribution in [1.82, 2.24) is 10.2 Å². The summed E-state index contributed by atoms with van der Waals surface area (Å²) in [6, 6.07) is 6.18. The molecule has 1 heterocycles. The molecule has 0 fully saturated rings. The van der Waals surface area contributed by atoms with Crippen LogP contribution in [-0.4, -0.2) is 26.4 Å². The fourth-order valence-electron chi connectivity index (χ4n) is 1.27. The van der Waals surface area contributed by atoms with Crippen LogP contribution < -0.4 is 0 Å². The van der Waals surface area contributed by atoms with Crippen LogP contribution in [0, 0.1) is 6.92 Å². The van der Waals surface area contributed by atoms with E-state index in [1.807, 2.05) is 0 Å². The second-order valence-corrected chi connectivity index (χ2v) is 4.59. The first kappa shape index (κ1) is 13.2. The monoisotopic (exact) mass is 278 g/mol. The fraction of sp³-hybridized carbons (Fsp3) is 0.0833. The van der Waals surface area contributed by atoms with Crippen molar-refractivity contribution in [2.24, 2.45) is 0 Å². The number of hydrogen-bond acceptors (Lipinski definition) is 6. The van der Waals surface area contributed by atoms with Gasteiger partial charge in [0.2, 0.25) is 5.89 Å². The molecule has 0 aliphatic rings. The molecule has 0 aliphatic carbocycles. The van der Waals surface area contributed by atoms with Gasteiger partial charge in [-0.2, -0.15) is 0 Å². The molecule has 2 N–H and O–H groups in total. The van der Waals surface area contributed by atoms with E-state index < -0.39 is 5.97 Å². The first-order chi connectivity index (χ1) is 9.04. The summed E-state index contributed by atoms with van der Waals surface area (Å²) in [7, 11) is 0. The number of carboxylic acids is 1. The normalized spacial score (nSPS) is 11.5. The number of thioether (sulfide) groups is 1. The van der Waals surface area contributed by atoms with Crippen molar-refractivity contribution in [2.75, 3.05) is 0 Å². The molecule has 0 aliphatic heterocycles. The zero-order chi connectivity index (χ0) is 13.8. The number of nitrogens with zero attached hydrogens (tertiary/aromatic N) is 2. The van der Waals surface area contributed by atoms with Crippen LogP contribution >= 0.6 is 11.8 Å². The van der Waals surface area contributed by atoms with E-state index >= 15 is 0 Å². The Morgan fingerprint density at radius 2 is 2.00 bits per heavy atom. The summed E-state index contributed by atoms with van der Waals surface area (Å²) in [5.74, 6) is -0.597. The molecule has 0 unspecified atom stereocenters. The molecule has 0 radical (unpaired) electrons. The first-order valence-corrected chi connectivity index (χ1v) is 6.08. The molecule has 1 aromatic carbocycles. The van der Waals surface area contributed by atoms with Gasteiger partial charge >= 0.3 is 5.97 Å². The third kappa shape index (κ3) is 3.59. The lowest BCUT2D eigenvalue weighted by Gasteiger charge is -1.99. The van der Waals surface area contributed by atoms with Gasteiger partial charge in [0.15, 0.2) is 0 Å². The molecule has 98 valence electrons. The molecule has 19 heavy (non-hydrogen) atoms. The highest BCUT2D eigenvalue weighted by Gasteiger charge is 2.14. The third-order valence-electron chi connectivity index (χ3n) is 2.11. The van der Waals surface area contributed by atoms with Crippen molar-refractivity contribution in [1.29, 1.82) is 0 Å². The van der Waals surface area contributed by atoms with Gasteiger partial charge in [0.25, 0.3) is 5.22 Å². The summed E-state index contributed by atoms with van der Waals surface area (Å²) in [6.45, 7) is 1.63. The number of aliphatic carboxylic acids is 1. The van der Waals surface area contributed by atoms with Crippen molar-refractivity contribution in [3.63, 3.8) is 0 Å². The van der Waals surface area contributed by atoms with Crippen molar-refractivity contribution in [2.45, 2.75) is 12.1 Å². The van der Waals surface area contributed by atoms with Gasteiger partial charge in [-0.15, -0.1) is 10.2 Å². The van der Waals surface area contributed by atoms with Gasteiger partial charge in [-0.1, -0.05) is 12.1 Å². The highest BCUT2D eigenvalue weighted by Crippen LogP contribution is 2.27. The van der Waals surface area contributed by atoms with E-state index in [2.05, 4.69) is 10.2 Å². The summed E-state index contributed by atoms with van der Waals surface area (Å²) in [5.41, 5.74) is 0.652. The zero-order valence-corrected chi connectivity index (χ0v) is 10.7. The predicted octanol–water partition coefficient (Wildman–Crippen LogP) is 2.30. The third-order valence-corrected chi connectivity index (χ3v) is 2.96. The van der Waals surface area contributed by atoms with Crippen LogP contribution in [-0.2, 0) is 4.79 Å². The van der Waals surface area contributed by atoms with E-state index in [1.165, 1.54) is 18.2 Å². The average molecular weight is 278 g/mol. The maximum Gasteiger partial charge on any atom is 0.342 e. The molecule has 2 rings (SSSR count). The second-order valence-electron chi connectivity index (χ2n) is 3.59. The smallest absolute Gasteiger partial charge is 0.342 e. The van der Waals surface area contributed by atoms with Crippen LogP contribution in [0.4, 0.5) is 0 Å². The van der Waals surface area contributed by atoms with Crippen LogP contribution in [0.25, 0.3) is 6.08 Å². The Morgan fingerprint density at radius 1 is 1.32 bits per heavy atom. The number of rotatable bonds is 4. The quantitative estimate of drug-likeness (QED) is 0.654. The van der Waals surface area contributed by atoms with E-state index in [4.69, 9.17) is 14.6 Å². The van der Waals surface area contributed by atoms with E-state index in [0.717, 1.165) is 11.8 Å². The molecule has 0 bridgehead atoms. The average Bonchev–Trinajstić information content (AvgIpc) is 2.76. The number of aromatic nitrogens is 2. The number of hydrogen-bond donors (Lipinski definition) is 2. The molecule has 0 saturated carbocycles. The Labute approximate surface area is 112 Å². The van der Waals surface area contributed by atoms with E-state index in [9.17, 15) is 4.79 Å². The maximum absolute atomic E-state index is 11.2. The number of carboxylic acid groups (broad SMARTS) is 1. The highest BCUT2D eigenvalue weighted by atomic mass is 32.2. The SMILES string of the molecule is Cc1nnc(S/C(=C\c2ccc(O)cc2)C(=O)O)o1.